The minimum absolute atomic E-state index is 0.0309. The molecule has 0 spiro atoms. The molecule has 0 aliphatic rings. The monoisotopic (exact) mass is 1300 g/mol. The zero-order chi connectivity index (χ0) is 71.5. The van der Waals surface area contributed by atoms with Gasteiger partial charge in [-0.15, -0.1) is 0 Å². The van der Waals surface area contributed by atoms with Gasteiger partial charge in [0.2, 0.25) is 0 Å². The maximum Gasteiger partial charge on any atom is 0.0462 e. The van der Waals surface area contributed by atoms with Crippen molar-refractivity contribution in [3.63, 3.8) is 0 Å². The summed E-state index contributed by atoms with van der Waals surface area (Å²) in [4.78, 5) is 4.82. The third kappa shape index (κ3) is 15.0. The summed E-state index contributed by atoms with van der Waals surface area (Å²) < 4.78 is 0. The number of aryl methyl sites for hydroxylation is 3. The fourth-order valence-electron chi connectivity index (χ4n) is 14.5. The molecule has 11 rings (SSSR count). The Bertz CT molecular complexity index is 4550. The van der Waals surface area contributed by atoms with E-state index in [1.165, 1.54) is 117 Å². The van der Waals surface area contributed by atoms with Gasteiger partial charge in [-0.2, -0.15) is 0 Å². The van der Waals surface area contributed by atoms with Crippen LogP contribution >= 0.6 is 0 Å². The maximum atomic E-state index is 2.50. The van der Waals surface area contributed by atoms with Crippen LogP contribution in [0, 0.1) is 20.8 Å². The summed E-state index contributed by atoms with van der Waals surface area (Å²) in [7, 11) is 0. The van der Waals surface area contributed by atoms with Crippen molar-refractivity contribution in [2.45, 2.75) is 204 Å². The summed E-state index contributed by atoms with van der Waals surface area (Å²) in [6, 6.07) is 90.8. The molecule has 2 nitrogen and oxygen atoms in total. The van der Waals surface area contributed by atoms with Crippen LogP contribution in [0.5, 0.6) is 0 Å². The second kappa shape index (κ2) is 27.3. The van der Waals surface area contributed by atoms with E-state index in [9.17, 15) is 0 Å². The van der Waals surface area contributed by atoms with Gasteiger partial charge in [-0.1, -0.05) is 302 Å². The number of rotatable bonds is 16. The number of benzene rings is 11. The Labute approximate surface area is 597 Å². The molecule has 0 aromatic heterocycles. The van der Waals surface area contributed by atoms with Gasteiger partial charge < -0.3 is 9.80 Å². The average Bonchev–Trinajstić information content (AvgIpc) is 0.774. The van der Waals surface area contributed by atoms with E-state index >= 15 is 0 Å². The average molecular weight is 1300 g/mol. The van der Waals surface area contributed by atoms with Crippen molar-refractivity contribution in [1.82, 2.24) is 0 Å². The van der Waals surface area contributed by atoms with Crippen molar-refractivity contribution in [1.29, 1.82) is 0 Å². The number of hydrogen-bond donors (Lipinski definition) is 0. The lowest BCUT2D eigenvalue weighted by molar-refractivity contribution is 0.589. The Hall–Kier alpha value is -8.98. The molecule has 0 radical (unpaired) electrons. The molecule has 0 fully saturated rings. The van der Waals surface area contributed by atoms with Gasteiger partial charge in [0, 0.05) is 45.0 Å². The van der Waals surface area contributed by atoms with Crippen molar-refractivity contribution in [2.24, 2.45) is 0 Å². The number of hydrogen-bond acceptors (Lipinski definition) is 2. The zero-order valence-corrected chi connectivity index (χ0v) is 64.1. The van der Waals surface area contributed by atoms with E-state index in [4.69, 9.17) is 0 Å². The van der Waals surface area contributed by atoms with Crippen molar-refractivity contribution < 1.29 is 0 Å². The first-order valence-electron chi connectivity index (χ1n) is 36.3. The van der Waals surface area contributed by atoms with Crippen LogP contribution in [0.1, 0.15) is 223 Å². The lowest BCUT2D eigenvalue weighted by Crippen LogP contribution is -2.20. The topological polar surface area (TPSA) is 6.48 Å². The molecular weight excluding hydrogens is 1190 g/mol. The summed E-state index contributed by atoms with van der Waals surface area (Å²) in [5.74, 6) is 0.696. The van der Waals surface area contributed by atoms with E-state index < -0.39 is 0 Å². The van der Waals surface area contributed by atoms with Gasteiger partial charge >= 0.3 is 0 Å². The molecule has 0 aliphatic carbocycles. The third-order valence-electron chi connectivity index (χ3n) is 21.4. The van der Waals surface area contributed by atoms with Gasteiger partial charge in [0.25, 0.3) is 0 Å². The van der Waals surface area contributed by atoms with Crippen LogP contribution in [-0.4, -0.2) is 0 Å². The maximum absolute atomic E-state index is 2.50. The Balaban J connectivity index is 0.886. The van der Waals surface area contributed by atoms with Crippen LogP contribution in [0.4, 0.5) is 34.1 Å². The molecule has 0 N–H and O–H groups in total. The summed E-state index contributed by atoms with van der Waals surface area (Å²) >= 11 is 0. The van der Waals surface area contributed by atoms with Crippen LogP contribution in [0.2, 0.25) is 0 Å². The molecule has 11 aromatic rings. The van der Waals surface area contributed by atoms with E-state index in [0.717, 1.165) is 34.1 Å². The highest BCUT2D eigenvalue weighted by molar-refractivity contribution is 5.83. The smallest absolute Gasteiger partial charge is 0.0462 e. The molecule has 11 aromatic carbocycles. The summed E-state index contributed by atoms with van der Waals surface area (Å²) in [5, 5.41) is 0. The molecule has 0 amide bonds. The van der Waals surface area contributed by atoms with Gasteiger partial charge in [0.15, 0.2) is 0 Å². The van der Waals surface area contributed by atoms with E-state index in [2.05, 4.69) is 406 Å². The normalized spacial score (nSPS) is 12.6. The Morgan fingerprint density at radius 3 is 0.727 bits per heavy atom. The van der Waals surface area contributed by atoms with Crippen LogP contribution in [0.3, 0.4) is 0 Å². The Kier molecular flexibility index (Phi) is 19.6. The van der Waals surface area contributed by atoms with E-state index in [0.29, 0.717) is 11.8 Å². The van der Waals surface area contributed by atoms with Gasteiger partial charge in [0.05, 0.1) is 0 Å². The lowest BCUT2D eigenvalue weighted by Gasteiger charge is -2.31. The van der Waals surface area contributed by atoms with Crippen LogP contribution in [0.25, 0.3) is 44.5 Å². The minimum Gasteiger partial charge on any atom is -0.311 e. The SMILES string of the molecule is Cc1cc(C(C)(C)C)ccc1-c1ccc(N(c2ccc(-c3ccc(C(C)(C)C)cc3C)cc2)c2ccc(C(C)(C)c3ccc(N(c4ccc(C(C)(C)C)cc4)c4ccc(C(C)(C)c5ccc(-c6ccc(-c7ccc(C(C)(C)C)cc7C)cc6C(C)C)c(C(C)C)c5)cc4)cc3)cc2)cc1. The van der Waals surface area contributed by atoms with Crippen LogP contribution < -0.4 is 9.80 Å². The van der Waals surface area contributed by atoms with Crippen molar-refractivity contribution in [3.8, 4) is 44.5 Å². The first-order valence-corrected chi connectivity index (χ1v) is 36.3. The number of nitrogens with zero attached hydrogens (tertiary/aromatic N) is 2. The second-order valence-electron chi connectivity index (χ2n) is 34.2. The molecule has 99 heavy (non-hydrogen) atoms. The largest absolute Gasteiger partial charge is 0.311 e. The molecule has 0 saturated heterocycles. The van der Waals surface area contributed by atoms with Gasteiger partial charge in [-0.25, -0.2) is 0 Å². The first kappa shape index (κ1) is 71.3. The standard InChI is InChI=1S/C97H110N2/c1-63(2)90-61-70(87-56-39-77(60-67(87)7)95(17,18)19)28-53-88(90)89-57-40-78(62-91(89)64(3)4)97(22,23)74-35-51-84(52-36-74)99(81-45-29-71(30-46-81)92(8,9)10)83-49-33-73(34-50-83)96(20,21)72-31-47-82(48-32-72)98(79-41-24-68(25-42-79)85-54-37-75(58-65(85)5)93(11,12)13)80-43-26-69(27-44-80)86-55-38-76(59-66(86)6)94(14,15)16/h24-64H,1-23H3. The Morgan fingerprint density at radius 1 is 0.212 bits per heavy atom. The predicted molar refractivity (Wildman–Crippen MR) is 432 cm³/mol. The van der Waals surface area contributed by atoms with E-state index in [1.807, 2.05) is 0 Å². The molecule has 0 bridgehead atoms. The van der Waals surface area contributed by atoms with Crippen molar-refractivity contribution in [2.75, 3.05) is 9.80 Å². The molecule has 0 aliphatic heterocycles. The van der Waals surface area contributed by atoms with Crippen molar-refractivity contribution in [3.05, 3.63) is 309 Å². The molecule has 0 saturated carbocycles. The fourth-order valence-corrected chi connectivity index (χ4v) is 14.5. The van der Waals surface area contributed by atoms with E-state index in [-0.39, 0.29) is 32.5 Å². The quantitative estimate of drug-likeness (QED) is 0.0951. The molecule has 508 valence electrons. The fraction of sp³-hybridized carbons (Fsp3) is 0.320. The van der Waals surface area contributed by atoms with Gasteiger partial charge in [-0.05, 0) is 244 Å². The second-order valence-corrected chi connectivity index (χ2v) is 34.2. The molecular formula is C97H110N2. The molecule has 0 atom stereocenters. The first-order chi connectivity index (χ1) is 46.5. The Morgan fingerprint density at radius 2 is 0.434 bits per heavy atom. The molecule has 2 heteroatoms. The molecule has 0 heterocycles. The van der Waals surface area contributed by atoms with Crippen LogP contribution in [-0.2, 0) is 32.5 Å². The molecule has 0 unspecified atom stereocenters. The predicted octanol–water partition coefficient (Wildman–Crippen LogP) is 28.3. The van der Waals surface area contributed by atoms with Crippen LogP contribution in [0.15, 0.2) is 237 Å². The third-order valence-corrected chi connectivity index (χ3v) is 21.4. The minimum atomic E-state index is -0.300. The highest BCUT2D eigenvalue weighted by Gasteiger charge is 2.29. The lowest BCUT2D eigenvalue weighted by atomic mass is 9.75. The highest BCUT2D eigenvalue weighted by atomic mass is 15.1. The highest BCUT2D eigenvalue weighted by Crippen LogP contribution is 2.46. The number of anilines is 6. The zero-order valence-electron chi connectivity index (χ0n) is 64.1. The van der Waals surface area contributed by atoms with Crippen molar-refractivity contribution >= 4 is 34.1 Å². The van der Waals surface area contributed by atoms with Gasteiger partial charge in [-0.3, -0.25) is 0 Å². The summed E-state index contributed by atoms with van der Waals surface area (Å²) in [5.41, 5.74) is 33.8. The van der Waals surface area contributed by atoms with Gasteiger partial charge in [0.1, 0.15) is 0 Å². The summed E-state index contributed by atoms with van der Waals surface area (Å²) in [6.45, 7) is 53.0. The van der Waals surface area contributed by atoms with E-state index in [1.54, 1.807) is 0 Å². The summed E-state index contributed by atoms with van der Waals surface area (Å²) in [6.07, 6.45) is 0.